The monoisotopic (exact) mass is 229 g/mol. The van der Waals surface area contributed by atoms with Crippen LogP contribution in [0.3, 0.4) is 0 Å². The third-order valence-corrected chi connectivity index (χ3v) is 3.76. The van der Waals surface area contributed by atoms with Gasteiger partial charge in [-0.1, -0.05) is 25.7 Å². The SMILES string of the molecule is CNC(C)(CO)CCOC1CCCCCC1. The van der Waals surface area contributed by atoms with Gasteiger partial charge < -0.3 is 15.2 Å². The van der Waals surface area contributed by atoms with Crippen molar-refractivity contribution in [2.45, 2.75) is 63.5 Å². The molecule has 0 spiro atoms. The predicted octanol–water partition coefficient (Wildman–Crippen LogP) is 2.09. The van der Waals surface area contributed by atoms with Crippen molar-refractivity contribution in [1.29, 1.82) is 0 Å². The molecule has 0 bridgehead atoms. The highest BCUT2D eigenvalue weighted by Crippen LogP contribution is 2.20. The molecule has 0 aliphatic heterocycles. The standard InChI is InChI=1S/C13H27NO2/c1-13(11-15,14-2)9-10-16-12-7-5-3-4-6-8-12/h12,14-15H,3-11H2,1-2H3. The van der Waals surface area contributed by atoms with Gasteiger partial charge in [-0.25, -0.2) is 0 Å². The Morgan fingerprint density at radius 3 is 2.38 bits per heavy atom. The van der Waals surface area contributed by atoms with Gasteiger partial charge in [-0.05, 0) is 33.2 Å². The van der Waals surface area contributed by atoms with Gasteiger partial charge in [0.25, 0.3) is 0 Å². The van der Waals surface area contributed by atoms with Crippen molar-refractivity contribution in [3.63, 3.8) is 0 Å². The highest BCUT2D eigenvalue weighted by atomic mass is 16.5. The lowest BCUT2D eigenvalue weighted by Gasteiger charge is -2.27. The second-order valence-electron chi connectivity index (χ2n) is 5.20. The van der Waals surface area contributed by atoms with Crippen LogP contribution in [-0.4, -0.2) is 37.0 Å². The van der Waals surface area contributed by atoms with Crippen molar-refractivity contribution in [3.05, 3.63) is 0 Å². The fourth-order valence-electron chi connectivity index (χ4n) is 2.14. The maximum atomic E-state index is 9.25. The Morgan fingerprint density at radius 1 is 1.25 bits per heavy atom. The number of rotatable bonds is 6. The Morgan fingerprint density at radius 2 is 1.88 bits per heavy atom. The van der Waals surface area contributed by atoms with Crippen LogP contribution in [0.5, 0.6) is 0 Å². The molecule has 0 radical (unpaired) electrons. The van der Waals surface area contributed by atoms with Crippen LogP contribution in [0.15, 0.2) is 0 Å². The van der Waals surface area contributed by atoms with Gasteiger partial charge in [0.2, 0.25) is 0 Å². The molecule has 1 saturated carbocycles. The van der Waals surface area contributed by atoms with E-state index in [0.717, 1.165) is 13.0 Å². The highest BCUT2D eigenvalue weighted by molar-refractivity contribution is 4.80. The first-order valence-electron chi connectivity index (χ1n) is 6.61. The number of hydrogen-bond donors (Lipinski definition) is 2. The third kappa shape index (κ3) is 4.81. The van der Waals surface area contributed by atoms with Crippen LogP contribution in [0.2, 0.25) is 0 Å². The average molecular weight is 229 g/mol. The lowest BCUT2D eigenvalue weighted by molar-refractivity contribution is 0.0241. The molecule has 0 amide bonds. The molecule has 0 aromatic carbocycles. The Hall–Kier alpha value is -0.120. The number of nitrogens with one attached hydrogen (secondary N) is 1. The molecule has 1 aliphatic rings. The average Bonchev–Trinajstić information content (AvgIpc) is 2.57. The summed E-state index contributed by atoms with van der Waals surface area (Å²) in [6.45, 7) is 2.95. The largest absolute Gasteiger partial charge is 0.394 e. The Balaban J connectivity index is 2.18. The zero-order valence-corrected chi connectivity index (χ0v) is 10.8. The summed E-state index contributed by atoms with van der Waals surface area (Å²) in [5.74, 6) is 0. The van der Waals surface area contributed by atoms with Crippen molar-refractivity contribution in [2.24, 2.45) is 0 Å². The molecule has 1 atom stereocenters. The predicted molar refractivity (Wildman–Crippen MR) is 66.6 cm³/mol. The van der Waals surface area contributed by atoms with Crippen LogP contribution in [0, 0.1) is 0 Å². The fraction of sp³-hybridized carbons (Fsp3) is 1.00. The van der Waals surface area contributed by atoms with Crippen molar-refractivity contribution < 1.29 is 9.84 Å². The van der Waals surface area contributed by atoms with Gasteiger partial charge in [0.15, 0.2) is 0 Å². The summed E-state index contributed by atoms with van der Waals surface area (Å²) >= 11 is 0. The zero-order chi connectivity index (χ0) is 11.9. The number of likely N-dealkylation sites (N-methyl/N-ethyl adjacent to an activating group) is 1. The number of aliphatic hydroxyl groups is 1. The molecular weight excluding hydrogens is 202 g/mol. The number of hydrogen-bond acceptors (Lipinski definition) is 3. The molecule has 1 fully saturated rings. The molecule has 16 heavy (non-hydrogen) atoms. The molecule has 1 unspecified atom stereocenters. The molecular formula is C13H27NO2. The van der Waals surface area contributed by atoms with Gasteiger partial charge in [-0.15, -0.1) is 0 Å². The molecule has 96 valence electrons. The minimum absolute atomic E-state index is 0.164. The van der Waals surface area contributed by atoms with E-state index >= 15 is 0 Å². The molecule has 0 aromatic rings. The molecule has 0 aromatic heterocycles. The van der Waals surface area contributed by atoms with E-state index in [-0.39, 0.29) is 12.1 Å². The fourth-order valence-corrected chi connectivity index (χ4v) is 2.14. The van der Waals surface area contributed by atoms with E-state index in [1.807, 2.05) is 14.0 Å². The lowest BCUT2D eigenvalue weighted by Crippen LogP contribution is -2.44. The lowest BCUT2D eigenvalue weighted by atomic mass is 10.00. The number of ether oxygens (including phenoxy) is 1. The summed E-state index contributed by atoms with van der Waals surface area (Å²) in [7, 11) is 1.89. The maximum absolute atomic E-state index is 9.25. The first-order chi connectivity index (χ1) is 7.70. The third-order valence-electron chi connectivity index (χ3n) is 3.76. The van der Waals surface area contributed by atoms with E-state index in [0.29, 0.717) is 6.10 Å². The van der Waals surface area contributed by atoms with Gasteiger partial charge in [0, 0.05) is 12.1 Å². The first-order valence-corrected chi connectivity index (χ1v) is 6.61. The summed E-state index contributed by atoms with van der Waals surface area (Å²) in [6, 6.07) is 0. The van der Waals surface area contributed by atoms with Crippen LogP contribution in [0.25, 0.3) is 0 Å². The molecule has 2 N–H and O–H groups in total. The van der Waals surface area contributed by atoms with Crippen molar-refractivity contribution in [3.8, 4) is 0 Å². The van der Waals surface area contributed by atoms with E-state index < -0.39 is 0 Å². The van der Waals surface area contributed by atoms with Crippen molar-refractivity contribution in [2.75, 3.05) is 20.3 Å². The summed E-state index contributed by atoms with van der Waals surface area (Å²) in [4.78, 5) is 0. The molecule has 1 rings (SSSR count). The van der Waals surface area contributed by atoms with Gasteiger partial charge in [0.1, 0.15) is 0 Å². The molecule has 0 heterocycles. The van der Waals surface area contributed by atoms with Crippen LogP contribution < -0.4 is 5.32 Å². The van der Waals surface area contributed by atoms with Crippen LogP contribution in [0.1, 0.15) is 51.9 Å². The minimum atomic E-state index is -0.190. The zero-order valence-electron chi connectivity index (χ0n) is 10.8. The van der Waals surface area contributed by atoms with Crippen molar-refractivity contribution in [1.82, 2.24) is 5.32 Å². The van der Waals surface area contributed by atoms with Crippen LogP contribution in [0.4, 0.5) is 0 Å². The van der Waals surface area contributed by atoms with E-state index in [1.54, 1.807) is 0 Å². The first kappa shape index (κ1) is 13.9. The van der Waals surface area contributed by atoms with E-state index in [4.69, 9.17) is 4.74 Å². The second kappa shape index (κ2) is 7.25. The normalized spacial score (nSPS) is 22.7. The van der Waals surface area contributed by atoms with Gasteiger partial charge in [-0.3, -0.25) is 0 Å². The Bertz CT molecular complexity index is 173. The van der Waals surface area contributed by atoms with Crippen LogP contribution in [-0.2, 0) is 4.74 Å². The van der Waals surface area contributed by atoms with E-state index in [9.17, 15) is 5.11 Å². The summed E-state index contributed by atoms with van der Waals surface area (Å²) in [5.41, 5.74) is -0.190. The summed E-state index contributed by atoms with van der Waals surface area (Å²) in [6.07, 6.45) is 9.13. The molecule has 1 aliphatic carbocycles. The second-order valence-corrected chi connectivity index (χ2v) is 5.20. The van der Waals surface area contributed by atoms with Gasteiger partial charge in [0.05, 0.1) is 12.7 Å². The highest BCUT2D eigenvalue weighted by Gasteiger charge is 2.21. The number of aliphatic hydroxyl groups excluding tert-OH is 1. The Kier molecular flexibility index (Phi) is 6.32. The maximum Gasteiger partial charge on any atom is 0.0611 e. The van der Waals surface area contributed by atoms with Crippen LogP contribution >= 0.6 is 0 Å². The smallest absolute Gasteiger partial charge is 0.0611 e. The summed E-state index contributed by atoms with van der Waals surface area (Å²) in [5, 5.41) is 12.4. The summed E-state index contributed by atoms with van der Waals surface area (Å²) < 4.78 is 5.91. The van der Waals surface area contributed by atoms with Gasteiger partial charge >= 0.3 is 0 Å². The molecule has 3 heteroatoms. The molecule has 3 nitrogen and oxygen atoms in total. The Labute approximate surface area is 99.6 Å². The van der Waals surface area contributed by atoms with Crippen molar-refractivity contribution >= 4 is 0 Å². The topological polar surface area (TPSA) is 41.5 Å². The quantitative estimate of drug-likeness (QED) is 0.685. The molecule has 0 saturated heterocycles. The van der Waals surface area contributed by atoms with E-state index in [2.05, 4.69) is 5.32 Å². The van der Waals surface area contributed by atoms with Gasteiger partial charge in [-0.2, -0.15) is 0 Å². The van der Waals surface area contributed by atoms with E-state index in [1.165, 1.54) is 38.5 Å². The minimum Gasteiger partial charge on any atom is -0.394 e.